The summed E-state index contributed by atoms with van der Waals surface area (Å²) in [5.74, 6) is 1.71. The van der Waals surface area contributed by atoms with Gasteiger partial charge in [-0.15, -0.1) is 0 Å². The number of nitrogens with zero attached hydrogens (tertiary/aromatic N) is 5. The lowest BCUT2D eigenvalue weighted by atomic mass is 10.1. The minimum atomic E-state index is 0.269. The van der Waals surface area contributed by atoms with Gasteiger partial charge < -0.3 is 9.64 Å². The molecule has 0 saturated carbocycles. The van der Waals surface area contributed by atoms with Gasteiger partial charge in [-0.25, -0.2) is 9.97 Å². The molecule has 23 heavy (non-hydrogen) atoms. The van der Waals surface area contributed by atoms with Crippen molar-refractivity contribution in [2.45, 2.75) is 19.1 Å². The Morgan fingerprint density at radius 2 is 2.17 bits per heavy atom. The van der Waals surface area contributed by atoms with Gasteiger partial charge in [-0.1, -0.05) is 0 Å². The molecule has 2 aromatic heterocycles. The number of anilines is 1. The van der Waals surface area contributed by atoms with E-state index < -0.39 is 0 Å². The van der Waals surface area contributed by atoms with Crippen LogP contribution in [0.5, 0.6) is 0 Å². The van der Waals surface area contributed by atoms with Crippen LogP contribution in [-0.4, -0.2) is 65.3 Å². The number of fused-ring (bicyclic) bond motifs is 1. The molecule has 0 N–H and O–H groups in total. The van der Waals surface area contributed by atoms with E-state index in [9.17, 15) is 0 Å². The number of likely N-dealkylation sites (N-methyl/N-ethyl adjacent to an activating group) is 1. The number of aryl methyl sites for hydroxylation is 1. The van der Waals surface area contributed by atoms with Crippen LogP contribution in [0.25, 0.3) is 11.4 Å². The van der Waals surface area contributed by atoms with Gasteiger partial charge in [-0.3, -0.25) is 9.88 Å². The second-order valence-electron chi connectivity index (χ2n) is 6.30. The molecule has 2 aliphatic rings. The van der Waals surface area contributed by atoms with Gasteiger partial charge >= 0.3 is 0 Å². The Morgan fingerprint density at radius 3 is 2.96 bits per heavy atom. The molecule has 6 nitrogen and oxygen atoms in total. The van der Waals surface area contributed by atoms with Crippen molar-refractivity contribution in [3.63, 3.8) is 0 Å². The summed E-state index contributed by atoms with van der Waals surface area (Å²) in [7, 11) is 2.18. The fraction of sp³-hybridized carbons (Fsp3) is 0.471. The van der Waals surface area contributed by atoms with E-state index in [1.807, 2.05) is 19.1 Å². The number of rotatable bonds is 2. The Bertz CT molecular complexity index is 693. The molecular weight excluding hydrogens is 290 g/mol. The highest BCUT2D eigenvalue weighted by Crippen LogP contribution is 2.27. The fourth-order valence-corrected chi connectivity index (χ4v) is 3.38. The second kappa shape index (κ2) is 5.86. The first kappa shape index (κ1) is 14.5. The number of pyridine rings is 1. The third kappa shape index (κ3) is 2.80. The maximum atomic E-state index is 5.93. The Labute approximate surface area is 136 Å². The molecule has 120 valence electrons. The van der Waals surface area contributed by atoms with Crippen LogP contribution in [0, 0.1) is 6.92 Å². The van der Waals surface area contributed by atoms with E-state index >= 15 is 0 Å². The summed E-state index contributed by atoms with van der Waals surface area (Å²) in [5, 5.41) is 0. The summed E-state index contributed by atoms with van der Waals surface area (Å²) >= 11 is 0. The summed E-state index contributed by atoms with van der Waals surface area (Å²) in [6, 6.07) is 6.40. The topological polar surface area (TPSA) is 54.4 Å². The van der Waals surface area contributed by atoms with E-state index in [-0.39, 0.29) is 6.10 Å². The van der Waals surface area contributed by atoms with Crippen LogP contribution in [0.4, 0.5) is 5.82 Å². The molecule has 2 fully saturated rings. The highest BCUT2D eigenvalue weighted by Gasteiger charge is 2.39. The van der Waals surface area contributed by atoms with Crippen LogP contribution in [0.1, 0.15) is 5.69 Å². The largest absolute Gasteiger partial charge is 0.373 e. The SMILES string of the molecule is Cc1cc(N2CC3OCCN(C)C3C2)nc(-c2cccnc2)n1. The van der Waals surface area contributed by atoms with Gasteiger partial charge in [0, 0.05) is 49.4 Å². The van der Waals surface area contributed by atoms with Crippen molar-refractivity contribution >= 4 is 5.82 Å². The smallest absolute Gasteiger partial charge is 0.163 e. The third-order valence-electron chi connectivity index (χ3n) is 4.66. The Morgan fingerprint density at radius 1 is 1.26 bits per heavy atom. The van der Waals surface area contributed by atoms with Crippen molar-refractivity contribution in [3.05, 3.63) is 36.3 Å². The third-order valence-corrected chi connectivity index (χ3v) is 4.66. The van der Waals surface area contributed by atoms with Gasteiger partial charge in [0.15, 0.2) is 5.82 Å². The molecule has 0 aliphatic carbocycles. The van der Waals surface area contributed by atoms with Crippen LogP contribution < -0.4 is 4.90 Å². The first-order chi connectivity index (χ1) is 11.2. The zero-order valence-electron chi connectivity index (χ0n) is 13.5. The minimum absolute atomic E-state index is 0.269. The average molecular weight is 311 g/mol. The van der Waals surface area contributed by atoms with Crippen molar-refractivity contribution in [3.8, 4) is 11.4 Å². The summed E-state index contributed by atoms with van der Waals surface area (Å²) in [6.07, 6.45) is 3.84. The minimum Gasteiger partial charge on any atom is -0.373 e. The van der Waals surface area contributed by atoms with Crippen molar-refractivity contribution in [2.75, 3.05) is 38.2 Å². The van der Waals surface area contributed by atoms with Crippen LogP contribution in [-0.2, 0) is 4.74 Å². The van der Waals surface area contributed by atoms with Gasteiger partial charge in [-0.2, -0.15) is 0 Å². The maximum absolute atomic E-state index is 5.93. The van der Waals surface area contributed by atoms with Gasteiger partial charge in [0.25, 0.3) is 0 Å². The standard InChI is InChI=1S/C17H21N5O/c1-12-8-16(20-17(19-12)13-4-3-5-18-9-13)22-10-14-15(11-22)23-7-6-21(14)2/h3-5,8-9,14-15H,6-7,10-11H2,1-2H3. The summed E-state index contributed by atoms with van der Waals surface area (Å²) in [4.78, 5) is 18.2. The fourth-order valence-electron chi connectivity index (χ4n) is 3.38. The first-order valence-electron chi connectivity index (χ1n) is 8.03. The van der Waals surface area contributed by atoms with Crippen LogP contribution in [0.3, 0.4) is 0 Å². The Hall–Kier alpha value is -2.05. The number of ether oxygens (including phenoxy) is 1. The van der Waals surface area contributed by atoms with Gasteiger partial charge in [0.2, 0.25) is 0 Å². The average Bonchev–Trinajstić information content (AvgIpc) is 3.01. The molecule has 4 rings (SSSR count). The van der Waals surface area contributed by atoms with E-state index in [2.05, 4.69) is 32.9 Å². The number of hydrogen-bond acceptors (Lipinski definition) is 6. The maximum Gasteiger partial charge on any atom is 0.163 e. The molecule has 2 atom stereocenters. The number of aromatic nitrogens is 3. The van der Waals surface area contributed by atoms with Gasteiger partial charge in [0.05, 0.1) is 18.8 Å². The van der Waals surface area contributed by atoms with E-state index in [4.69, 9.17) is 9.72 Å². The summed E-state index contributed by atoms with van der Waals surface area (Å²) in [5.41, 5.74) is 1.92. The molecule has 4 heterocycles. The molecule has 2 aromatic rings. The highest BCUT2D eigenvalue weighted by molar-refractivity contribution is 5.57. The predicted octanol–water partition coefficient (Wildman–Crippen LogP) is 1.37. The molecule has 0 amide bonds. The molecule has 0 aromatic carbocycles. The van der Waals surface area contributed by atoms with Crippen LogP contribution in [0.15, 0.2) is 30.6 Å². The Balaban J connectivity index is 1.64. The zero-order chi connectivity index (χ0) is 15.8. The molecule has 0 bridgehead atoms. The zero-order valence-corrected chi connectivity index (χ0v) is 13.5. The lowest BCUT2D eigenvalue weighted by molar-refractivity contribution is -0.0362. The molecule has 6 heteroatoms. The number of hydrogen-bond donors (Lipinski definition) is 0. The lowest BCUT2D eigenvalue weighted by Gasteiger charge is -2.33. The molecule has 2 saturated heterocycles. The lowest BCUT2D eigenvalue weighted by Crippen LogP contribution is -2.48. The summed E-state index contributed by atoms with van der Waals surface area (Å²) in [6.45, 7) is 5.66. The van der Waals surface area contributed by atoms with Crippen molar-refractivity contribution in [2.24, 2.45) is 0 Å². The Kier molecular flexibility index (Phi) is 3.71. The normalized spacial score (nSPS) is 24.7. The van der Waals surface area contributed by atoms with Crippen molar-refractivity contribution < 1.29 is 4.74 Å². The highest BCUT2D eigenvalue weighted by atomic mass is 16.5. The molecule has 0 spiro atoms. The van der Waals surface area contributed by atoms with Crippen molar-refractivity contribution in [1.82, 2.24) is 19.9 Å². The molecule has 0 radical (unpaired) electrons. The van der Waals surface area contributed by atoms with E-state index in [1.54, 1.807) is 12.4 Å². The van der Waals surface area contributed by atoms with Crippen molar-refractivity contribution in [1.29, 1.82) is 0 Å². The van der Waals surface area contributed by atoms with Crippen LogP contribution >= 0.6 is 0 Å². The predicted molar refractivity (Wildman–Crippen MR) is 88.4 cm³/mol. The second-order valence-corrected chi connectivity index (χ2v) is 6.30. The van der Waals surface area contributed by atoms with E-state index in [1.165, 1.54) is 0 Å². The molecule has 2 unspecified atom stereocenters. The van der Waals surface area contributed by atoms with Gasteiger partial charge in [0.1, 0.15) is 5.82 Å². The molecular formula is C17H21N5O. The van der Waals surface area contributed by atoms with E-state index in [0.717, 1.165) is 49.1 Å². The quantitative estimate of drug-likeness (QED) is 0.835. The summed E-state index contributed by atoms with van der Waals surface area (Å²) < 4.78 is 5.93. The van der Waals surface area contributed by atoms with Crippen LogP contribution in [0.2, 0.25) is 0 Å². The first-order valence-corrected chi connectivity index (χ1v) is 8.03. The molecule has 2 aliphatic heterocycles. The van der Waals surface area contributed by atoms with Gasteiger partial charge in [-0.05, 0) is 26.1 Å². The van der Waals surface area contributed by atoms with E-state index in [0.29, 0.717) is 6.04 Å². The monoisotopic (exact) mass is 311 g/mol. The number of morpholine rings is 1.